The van der Waals surface area contributed by atoms with E-state index in [4.69, 9.17) is 0 Å². The molecule has 4 aromatic carbocycles. The van der Waals surface area contributed by atoms with Gasteiger partial charge >= 0.3 is 0 Å². The number of fused-ring (bicyclic) bond motifs is 3. The Balaban J connectivity index is 0.000000309. The van der Waals surface area contributed by atoms with Crippen molar-refractivity contribution >= 4 is 38.2 Å². The summed E-state index contributed by atoms with van der Waals surface area (Å²) in [6.07, 6.45) is 6.28. The maximum Gasteiger partial charge on any atom is 0.162 e. The molecule has 0 saturated heterocycles. The Morgan fingerprint density at radius 3 is 2.15 bits per heavy atom. The summed E-state index contributed by atoms with van der Waals surface area (Å²) < 4.78 is 29.0. The maximum absolute atomic E-state index is 15.2. The third kappa shape index (κ3) is 8.05. The SMILES string of the molecule is CC(C)(C)c1cc(-c2ncnc3c(F)c4ccc(F)cc4cc23)[c-]c2ccccc12.CCC(CC)C(=O)/C=C(\O)C(CC)CC.[Ir]. The largest absolute Gasteiger partial charge is 0.512 e. The minimum absolute atomic E-state index is 0. The van der Waals surface area contributed by atoms with E-state index in [9.17, 15) is 14.3 Å². The van der Waals surface area contributed by atoms with Crippen molar-refractivity contribution in [2.45, 2.75) is 79.6 Å². The molecule has 46 heavy (non-hydrogen) atoms. The maximum atomic E-state index is 15.2. The number of hydrogen-bond acceptors (Lipinski definition) is 4. The van der Waals surface area contributed by atoms with Crippen LogP contribution in [0.15, 0.2) is 72.8 Å². The number of halogens is 2. The zero-order valence-electron chi connectivity index (χ0n) is 27.7. The minimum Gasteiger partial charge on any atom is -0.512 e. The Labute approximate surface area is 284 Å². The van der Waals surface area contributed by atoms with Crippen molar-refractivity contribution in [1.29, 1.82) is 0 Å². The van der Waals surface area contributed by atoms with Crippen LogP contribution < -0.4 is 0 Å². The first-order valence-corrected chi connectivity index (χ1v) is 15.9. The predicted molar refractivity (Wildman–Crippen MR) is 181 cm³/mol. The third-order valence-corrected chi connectivity index (χ3v) is 8.56. The molecule has 0 aliphatic carbocycles. The summed E-state index contributed by atoms with van der Waals surface area (Å²) in [4.78, 5) is 20.4. The molecule has 7 heteroatoms. The third-order valence-electron chi connectivity index (χ3n) is 8.56. The molecule has 5 aromatic rings. The van der Waals surface area contributed by atoms with E-state index in [0.29, 0.717) is 21.9 Å². The first kappa shape index (κ1) is 36.9. The van der Waals surface area contributed by atoms with Crippen LogP contribution in [-0.4, -0.2) is 20.9 Å². The van der Waals surface area contributed by atoms with Gasteiger partial charge < -0.3 is 5.11 Å². The van der Waals surface area contributed by atoms with Gasteiger partial charge in [0.15, 0.2) is 11.6 Å². The van der Waals surface area contributed by atoms with Gasteiger partial charge in [0.2, 0.25) is 0 Å². The molecule has 1 heterocycles. The Hall–Kier alpha value is -3.54. The van der Waals surface area contributed by atoms with Crippen molar-refractivity contribution in [2.75, 3.05) is 0 Å². The molecule has 0 amide bonds. The van der Waals surface area contributed by atoms with Crippen molar-refractivity contribution < 1.29 is 38.8 Å². The van der Waals surface area contributed by atoms with E-state index in [2.05, 4.69) is 48.9 Å². The molecule has 0 aliphatic rings. The molecule has 245 valence electrons. The van der Waals surface area contributed by atoms with Crippen LogP contribution in [0.4, 0.5) is 8.78 Å². The first-order chi connectivity index (χ1) is 21.4. The monoisotopic (exact) mass is 802 g/mol. The molecular weight excluding hydrogens is 759 g/mol. The fraction of sp³-hybridized carbons (Fsp3) is 0.359. The number of aliphatic hydroxyl groups is 1. The number of carbonyl (C=O) groups is 1. The zero-order chi connectivity index (χ0) is 32.9. The molecule has 1 N–H and O–H groups in total. The first-order valence-electron chi connectivity index (χ1n) is 15.9. The van der Waals surface area contributed by atoms with Gasteiger partial charge in [0.1, 0.15) is 17.7 Å². The molecule has 0 bridgehead atoms. The van der Waals surface area contributed by atoms with E-state index in [1.54, 1.807) is 6.07 Å². The number of rotatable bonds is 8. The Morgan fingerprint density at radius 1 is 0.870 bits per heavy atom. The Morgan fingerprint density at radius 2 is 1.52 bits per heavy atom. The van der Waals surface area contributed by atoms with Crippen LogP contribution in [0.5, 0.6) is 0 Å². The zero-order valence-corrected chi connectivity index (χ0v) is 30.1. The molecule has 0 fully saturated rings. The van der Waals surface area contributed by atoms with Gasteiger partial charge in [0.05, 0.1) is 5.76 Å². The number of aromatic nitrogens is 2. The van der Waals surface area contributed by atoms with E-state index >= 15 is 4.39 Å². The van der Waals surface area contributed by atoms with E-state index < -0.39 is 11.6 Å². The average molecular weight is 802 g/mol. The standard InChI is InChI=1S/C26H19F2N2.C13H24O2.Ir/c1-26(2,3)22-13-17(10-15-6-4-5-7-19(15)22)24-21-12-16-11-18(27)8-9-20(16)23(28)25(21)30-14-29-24;1-5-10(6-2)12(14)9-13(15)11(7-3)8-4;/h4-9,11-14H,1-3H3;9-11,14H,5-8H2,1-4H3;/q-1;;/b;12-9-;. The normalized spacial score (nSPS) is 12.0. The Kier molecular flexibility index (Phi) is 12.7. The topological polar surface area (TPSA) is 63.1 Å². The van der Waals surface area contributed by atoms with Gasteiger partial charge in [-0.2, -0.15) is 0 Å². The summed E-state index contributed by atoms with van der Waals surface area (Å²) in [6.45, 7) is 14.5. The summed E-state index contributed by atoms with van der Waals surface area (Å²) in [6, 6.07) is 19.4. The van der Waals surface area contributed by atoms with Crippen molar-refractivity contribution in [3.05, 3.63) is 96.0 Å². The van der Waals surface area contributed by atoms with Gasteiger partial charge in [0, 0.05) is 49.1 Å². The summed E-state index contributed by atoms with van der Waals surface area (Å²) in [7, 11) is 0. The van der Waals surface area contributed by atoms with Crippen LogP contribution in [-0.2, 0) is 30.3 Å². The number of aliphatic hydroxyl groups excluding tert-OH is 1. The number of hydrogen-bond donors (Lipinski definition) is 1. The molecule has 0 aliphatic heterocycles. The van der Waals surface area contributed by atoms with Crippen LogP contribution in [0, 0.1) is 29.5 Å². The summed E-state index contributed by atoms with van der Waals surface area (Å²) in [5.74, 6) is -0.332. The molecular formula is C39H43F2IrN2O2-. The van der Waals surface area contributed by atoms with Gasteiger partial charge in [-0.25, -0.2) is 13.8 Å². The second-order valence-corrected chi connectivity index (χ2v) is 12.6. The number of carbonyl (C=O) groups excluding carboxylic acids is 1. The number of benzene rings is 4. The molecule has 1 radical (unpaired) electrons. The smallest absolute Gasteiger partial charge is 0.162 e. The predicted octanol–water partition coefficient (Wildman–Crippen LogP) is 10.8. The van der Waals surface area contributed by atoms with Crippen molar-refractivity contribution in [1.82, 2.24) is 9.97 Å². The molecule has 1 aromatic heterocycles. The summed E-state index contributed by atoms with van der Waals surface area (Å²) in [5.41, 5.74) is 2.62. The second kappa shape index (κ2) is 15.8. The van der Waals surface area contributed by atoms with Gasteiger partial charge in [0.25, 0.3) is 0 Å². The van der Waals surface area contributed by atoms with Crippen molar-refractivity contribution in [3.8, 4) is 11.3 Å². The van der Waals surface area contributed by atoms with Crippen LogP contribution in [0.25, 0.3) is 43.7 Å². The number of allylic oxidation sites excluding steroid dienone is 2. The summed E-state index contributed by atoms with van der Waals surface area (Å²) >= 11 is 0. The molecule has 5 rings (SSSR count). The molecule has 0 saturated carbocycles. The van der Waals surface area contributed by atoms with Crippen LogP contribution in [0.1, 0.15) is 79.7 Å². The molecule has 0 spiro atoms. The molecule has 0 unspecified atom stereocenters. The molecule has 0 atom stereocenters. The van der Waals surface area contributed by atoms with Crippen molar-refractivity contribution in [3.63, 3.8) is 0 Å². The van der Waals surface area contributed by atoms with Gasteiger partial charge in [-0.1, -0.05) is 77.6 Å². The van der Waals surface area contributed by atoms with Gasteiger partial charge in [-0.15, -0.1) is 29.1 Å². The fourth-order valence-electron chi connectivity index (χ4n) is 5.82. The van der Waals surface area contributed by atoms with E-state index in [-0.39, 0.29) is 54.4 Å². The van der Waals surface area contributed by atoms with E-state index in [0.717, 1.165) is 47.6 Å². The van der Waals surface area contributed by atoms with Crippen LogP contribution >= 0.6 is 0 Å². The molecule has 4 nitrogen and oxygen atoms in total. The number of nitrogens with zero attached hydrogens (tertiary/aromatic N) is 2. The van der Waals surface area contributed by atoms with Crippen LogP contribution in [0.2, 0.25) is 0 Å². The Bertz CT molecular complexity index is 1860. The quantitative estimate of drug-likeness (QED) is 0.0735. The second-order valence-electron chi connectivity index (χ2n) is 12.6. The summed E-state index contributed by atoms with van der Waals surface area (Å²) in [5, 5.41) is 13.2. The van der Waals surface area contributed by atoms with Gasteiger partial charge in [-0.3, -0.25) is 9.78 Å². The van der Waals surface area contributed by atoms with E-state index in [1.807, 2.05) is 45.9 Å². The average Bonchev–Trinajstić information content (AvgIpc) is 3.01. The van der Waals surface area contributed by atoms with E-state index in [1.165, 1.54) is 30.6 Å². The minimum atomic E-state index is -0.469. The number of ketones is 1. The van der Waals surface area contributed by atoms with Gasteiger partial charge in [-0.05, 0) is 66.1 Å². The van der Waals surface area contributed by atoms with Crippen molar-refractivity contribution in [2.24, 2.45) is 11.8 Å². The van der Waals surface area contributed by atoms with Crippen LogP contribution in [0.3, 0.4) is 0 Å². The fourth-order valence-corrected chi connectivity index (χ4v) is 5.82.